The minimum absolute atomic E-state index is 0.0355. The van der Waals surface area contributed by atoms with Crippen molar-refractivity contribution in [2.75, 3.05) is 0 Å². The number of rotatable bonds is 7. The van der Waals surface area contributed by atoms with E-state index in [4.69, 9.17) is 11.6 Å². The molecule has 0 bridgehead atoms. The third-order valence-corrected chi connectivity index (χ3v) is 6.87. The summed E-state index contributed by atoms with van der Waals surface area (Å²) >= 11 is 5.91. The summed E-state index contributed by atoms with van der Waals surface area (Å²) in [5.41, 5.74) is 0.657. The topological polar surface area (TPSA) is 96.3 Å². The average Bonchev–Trinajstić information content (AvgIpc) is 3.60. The highest BCUT2D eigenvalue weighted by Crippen LogP contribution is 2.38. The molecule has 36 heavy (non-hydrogen) atoms. The standard InChI is InChI=1S/C26H25ClFN5O3/c1-26(25(36)30-13-17-4-8-19(28)9-5-17)14-32-15-31-21(22(32)24(35)33(26)20-10-11-20)23(34)29-12-16-2-6-18(27)7-3-16/h2-9,15,20H,10-14H2,1H3,(H,29,34)(H,30,36)/t26-/m0/s1. The SMILES string of the molecule is C[C@@]1(C(=O)NCc2ccc(F)cc2)Cn2cnc(C(=O)NCc3ccc(Cl)cc3)c2C(=O)N1C1CC1. The Kier molecular flexibility index (Phi) is 6.26. The highest BCUT2D eigenvalue weighted by molar-refractivity contribution is 6.30. The van der Waals surface area contributed by atoms with Gasteiger partial charge in [-0.25, -0.2) is 9.37 Å². The van der Waals surface area contributed by atoms with Crippen LogP contribution in [0.1, 0.15) is 51.9 Å². The Labute approximate surface area is 212 Å². The van der Waals surface area contributed by atoms with Crippen LogP contribution in [-0.4, -0.2) is 43.8 Å². The maximum Gasteiger partial charge on any atom is 0.274 e. The van der Waals surface area contributed by atoms with Crippen molar-refractivity contribution in [2.45, 2.75) is 51.0 Å². The summed E-state index contributed by atoms with van der Waals surface area (Å²) in [6, 6.07) is 12.9. The minimum atomic E-state index is -1.16. The number of nitrogens with zero attached hydrogens (tertiary/aromatic N) is 3. The normalized spacial score (nSPS) is 19.1. The van der Waals surface area contributed by atoms with Gasteiger partial charge in [0.05, 0.1) is 12.9 Å². The van der Waals surface area contributed by atoms with Gasteiger partial charge in [0, 0.05) is 24.2 Å². The number of benzene rings is 2. The van der Waals surface area contributed by atoms with Crippen molar-refractivity contribution >= 4 is 29.3 Å². The van der Waals surface area contributed by atoms with Crippen LogP contribution in [0.2, 0.25) is 5.02 Å². The van der Waals surface area contributed by atoms with Crippen molar-refractivity contribution in [3.05, 3.63) is 88.2 Å². The number of halogens is 2. The van der Waals surface area contributed by atoms with Crippen molar-refractivity contribution in [1.29, 1.82) is 0 Å². The number of imidazole rings is 1. The van der Waals surface area contributed by atoms with Gasteiger partial charge in [0.15, 0.2) is 5.69 Å². The van der Waals surface area contributed by atoms with Crippen LogP contribution in [0.3, 0.4) is 0 Å². The molecule has 2 heterocycles. The van der Waals surface area contributed by atoms with Crippen LogP contribution in [0.25, 0.3) is 0 Å². The van der Waals surface area contributed by atoms with Gasteiger partial charge in [-0.3, -0.25) is 14.4 Å². The Balaban J connectivity index is 1.35. The monoisotopic (exact) mass is 509 g/mol. The van der Waals surface area contributed by atoms with E-state index < -0.39 is 17.4 Å². The molecule has 5 rings (SSSR count). The third-order valence-electron chi connectivity index (χ3n) is 6.62. The quantitative estimate of drug-likeness (QED) is 0.511. The second kappa shape index (κ2) is 9.39. The summed E-state index contributed by atoms with van der Waals surface area (Å²) in [7, 11) is 0. The Bertz CT molecular complexity index is 1320. The molecule has 186 valence electrons. The van der Waals surface area contributed by atoms with E-state index in [1.165, 1.54) is 18.5 Å². The lowest BCUT2D eigenvalue weighted by Crippen LogP contribution is -2.64. The van der Waals surface area contributed by atoms with E-state index in [0.717, 1.165) is 24.0 Å². The Morgan fingerprint density at radius 2 is 1.67 bits per heavy atom. The van der Waals surface area contributed by atoms with E-state index in [1.807, 2.05) is 0 Å². The van der Waals surface area contributed by atoms with Crippen molar-refractivity contribution in [2.24, 2.45) is 0 Å². The molecule has 0 saturated heterocycles. The zero-order valence-corrected chi connectivity index (χ0v) is 20.4. The second-order valence-electron chi connectivity index (χ2n) is 9.37. The molecule has 1 saturated carbocycles. The fraction of sp³-hybridized carbons (Fsp3) is 0.308. The molecule has 1 aliphatic heterocycles. The summed E-state index contributed by atoms with van der Waals surface area (Å²) in [5.74, 6) is -1.53. The maximum atomic E-state index is 13.7. The number of nitrogens with one attached hydrogen (secondary N) is 2. The van der Waals surface area contributed by atoms with Gasteiger partial charge >= 0.3 is 0 Å². The average molecular weight is 510 g/mol. The second-order valence-corrected chi connectivity index (χ2v) is 9.80. The molecule has 2 aromatic carbocycles. The smallest absolute Gasteiger partial charge is 0.274 e. The number of amides is 3. The first-order chi connectivity index (χ1) is 17.3. The Morgan fingerprint density at radius 1 is 1.06 bits per heavy atom. The molecule has 2 N–H and O–H groups in total. The molecule has 1 fully saturated rings. The predicted octanol–water partition coefficient (Wildman–Crippen LogP) is 3.30. The fourth-order valence-electron chi connectivity index (χ4n) is 4.56. The number of carbonyl (C=O) groups excluding carboxylic acids is 3. The number of carbonyl (C=O) groups is 3. The predicted molar refractivity (Wildman–Crippen MR) is 131 cm³/mol. The van der Waals surface area contributed by atoms with Gasteiger partial charge in [0.1, 0.15) is 17.1 Å². The first kappa shape index (κ1) is 24.0. The summed E-state index contributed by atoms with van der Waals surface area (Å²) in [4.78, 5) is 45.8. The first-order valence-corrected chi connectivity index (χ1v) is 12.1. The van der Waals surface area contributed by atoms with Gasteiger partial charge in [0.2, 0.25) is 5.91 Å². The van der Waals surface area contributed by atoms with E-state index in [2.05, 4.69) is 15.6 Å². The highest BCUT2D eigenvalue weighted by atomic mass is 35.5. The summed E-state index contributed by atoms with van der Waals surface area (Å²) < 4.78 is 14.8. The lowest BCUT2D eigenvalue weighted by molar-refractivity contribution is -0.133. The number of aromatic nitrogens is 2. The molecule has 2 aliphatic rings. The molecule has 8 nitrogen and oxygen atoms in total. The maximum absolute atomic E-state index is 13.7. The Hall–Kier alpha value is -3.72. The first-order valence-electron chi connectivity index (χ1n) is 11.7. The van der Waals surface area contributed by atoms with Crippen LogP contribution in [0.4, 0.5) is 4.39 Å². The summed E-state index contributed by atoms with van der Waals surface area (Å²) in [6.07, 6.45) is 3.01. The van der Waals surface area contributed by atoms with Crippen molar-refractivity contribution < 1.29 is 18.8 Å². The molecule has 0 unspecified atom stereocenters. The van der Waals surface area contributed by atoms with E-state index in [0.29, 0.717) is 5.02 Å². The lowest BCUT2D eigenvalue weighted by Gasteiger charge is -2.44. The molecule has 1 aromatic heterocycles. The summed E-state index contributed by atoms with van der Waals surface area (Å²) in [5, 5.41) is 6.29. The highest BCUT2D eigenvalue weighted by Gasteiger charge is 2.53. The molecule has 1 atom stereocenters. The van der Waals surface area contributed by atoms with Crippen LogP contribution in [-0.2, 0) is 24.4 Å². The molecule has 10 heteroatoms. The van der Waals surface area contributed by atoms with Crippen LogP contribution in [0.5, 0.6) is 0 Å². The van der Waals surface area contributed by atoms with Crippen molar-refractivity contribution in [1.82, 2.24) is 25.1 Å². The zero-order chi connectivity index (χ0) is 25.4. The van der Waals surface area contributed by atoms with Crippen LogP contribution in [0.15, 0.2) is 54.9 Å². The molecular weight excluding hydrogens is 485 g/mol. The zero-order valence-electron chi connectivity index (χ0n) is 19.6. The number of hydrogen-bond acceptors (Lipinski definition) is 4. The molecular formula is C26H25ClFN5O3. The third kappa shape index (κ3) is 4.58. The Morgan fingerprint density at radius 3 is 2.31 bits per heavy atom. The van der Waals surface area contributed by atoms with Crippen molar-refractivity contribution in [3.8, 4) is 0 Å². The van der Waals surface area contributed by atoms with Crippen LogP contribution < -0.4 is 10.6 Å². The van der Waals surface area contributed by atoms with Crippen molar-refractivity contribution in [3.63, 3.8) is 0 Å². The van der Waals surface area contributed by atoms with E-state index in [1.54, 1.807) is 52.8 Å². The van der Waals surface area contributed by atoms with Gasteiger partial charge in [-0.1, -0.05) is 35.9 Å². The van der Waals surface area contributed by atoms with Crippen LogP contribution in [0, 0.1) is 5.82 Å². The van der Waals surface area contributed by atoms with E-state index in [-0.39, 0.29) is 48.8 Å². The van der Waals surface area contributed by atoms with Gasteiger partial charge in [-0.05, 0) is 55.2 Å². The lowest BCUT2D eigenvalue weighted by atomic mass is 9.93. The van der Waals surface area contributed by atoms with Gasteiger partial charge in [-0.2, -0.15) is 0 Å². The van der Waals surface area contributed by atoms with E-state index in [9.17, 15) is 18.8 Å². The van der Waals surface area contributed by atoms with Gasteiger partial charge in [0.25, 0.3) is 11.8 Å². The number of fused-ring (bicyclic) bond motifs is 1. The molecule has 3 aromatic rings. The van der Waals surface area contributed by atoms with Gasteiger partial charge in [-0.15, -0.1) is 0 Å². The fourth-order valence-corrected chi connectivity index (χ4v) is 4.69. The summed E-state index contributed by atoms with van der Waals surface area (Å²) in [6.45, 7) is 2.35. The molecule has 0 spiro atoms. The molecule has 0 radical (unpaired) electrons. The van der Waals surface area contributed by atoms with E-state index >= 15 is 0 Å². The number of hydrogen-bond donors (Lipinski definition) is 2. The molecule has 1 aliphatic carbocycles. The minimum Gasteiger partial charge on any atom is -0.350 e. The largest absolute Gasteiger partial charge is 0.350 e. The van der Waals surface area contributed by atoms with Crippen LogP contribution >= 0.6 is 11.6 Å². The molecule has 3 amide bonds. The van der Waals surface area contributed by atoms with Gasteiger partial charge < -0.3 is 20.1 Å².